The zero-order valence-corrected chi connectivity index (χ0v) is 22.2. The van der Waals surface area contributed by atoms with Crippen LogP contribution in [0.15, 0.2) is 54.7 Å². The number of anilines is 1. The zero-order chi connectivity index (χ0) is 29.1. The highest BCUT2D eigenvalue weighted by atomic mass is 19.4. The molecule has 3 aliphatic heterocycles. The number of nitrogens with zero attached hydrogens (tertiary/aromatic N) is 2. The van der Waals surface area contributed by atoms with Crippen molar-refractivity contribution >= 4 is 17.6 Å². The minimum Gasteiger partial charge on any atom is -0.493 e. The Morgan fingerprint density at radius 2 is 1.80 bits per heavy atom. The van der Waals surface area contributed by atoms with E-state index in [0.29, 0.717) is 22.8 Å². The van der Waals surface area contributed by atoms with Gasteiger partial charge < -0.3 is 34.5 Å². The van der Waals surface area contributed by atoms with E-state index >= 15 is 0 Å². The van der Waals surface area contributed by atoms with Crippen molar-refractivity contribution in [1.82, 2.24) is 15.6 Å². The number of hydrogen-bond acceptors (Lipinski definition) is 8. The van der Waals surface area contributed by atoms with E-state index in [1.807, 2.05) is 0 Å². The number of alkyl halides is 3. The highest BCUT2D eigenvalue weighted by molar-refractivity contribution is 5.95. The van der Waals surface area contributed by atoms with Crippen molar-refractivity contribution in [2.24, 2.45) is 0 Å². The molecule has 4 bridgehead atoms. The SMILES string of the molecule is COc1ccc2cc1OCC(=O)NCc1ccc(c(OC)c1)O[C@H]1CN(c3ncccc3C(F)(F)F)C[C@@H]1NC2=O. The van der Waals surface area contributed by atoms with Crippen LogP contribution in [0.2, 0.25) is 0 Å². The Bertz CT molecular complexity index is 1450. The van der Waals surface area contributed by atoms with Gasteiger partial charge in [0.15, 0.2) is 29.6 Å². The summed E-state index contributed by atoms with van der Waals surface area (Å²) in [5.74, 6) is -0.00873. The van der Waals surface area contributed by atoms with E-state index in [2.05, 4.69) is 15.6 Å². The van der Waals surface area contributed by atoms with Gasteiger partial charge in [-0.1, -0.05) is 6.07 Å². The summed E-state index contributed by atoms with van der Waals surface area (Å²) in [5, 5.41) is 5.63. The van der Waals surface area contributed by atoms with Crippen molar-refractivity contribution in [3.8, 4) is 23.0 Å². The summed E-state index contributed by atoms with van der Waals surface area (Å²) in [6.45, 7) is -0.154. The van der Waals surface area contributed by atoms with Crippen LogP contribution < -0.4 is 34.5 Å². The van der Waals surface area contributed by atoms with E-state index in [9.17, 15) is 22.8 Å². The first-order valence-electron chi connectivity index (χ1n) is 12.7. The lowest BCUT2D eigenvalue weighted by molar-refractivity contribution is -0.137. The number of amides is 2. The first-order valence-corrected chi connectivity index (χ1v) is 12.7. The van der Waals surface area contributed by atoms with Gasteiger partial charge in [0.2, 0.25) is 0 Å². The van der Waals surface area contributed by atoms with Crippen LogP contribution in [0.4, 0.5) is 19.0 Å². The van der Waals surface area contributed by atoms with Gasteiger partial charge >= 0.3 is 6.18 Å². The van der Waals surface area contributed by atoms with Crippen molar-refractivity contribution < 1.29 is 41.7 Å². The van der Waals surface area contributed by atoms with Gasteiger partial charge in [0.1, 0.15) is 11.9 Å². The highest BCUT2D eigenvalue weighted by Gasteiger charge is 2.42. The minimum atomic E-state index is -4.62. The van der Waals surface area contributed by atoms with Crippen LogP contribution in [-0.2, 0) is 17.5 Å². The molecule has 2 aromatic carbocycles. The molecular weight excluding hydrogens is 545 g/mol. The quantitative estimate of drug-likeness (QED) is 0.493. The van der Waals surface area contributed by atoms with E-state index in [-0.39, 0.29) is 43.4 Å². The molecule has 216 valence electrons. The van der Waals surface area contributed by atoms with Crippen LogP contribution in [0.5, 0.6) is 23.0 Å². The minimum absolute atomic E-state index is 0.00295. The largest absolute Gasteiger partial charge is 0.493 e. The summed E-state index contributed by atoms with van der Waals surface area (Å²) >= 11 is 0. The summed E-state index contributed by atoms with van der Waals surface area (Å²) in [4.78, 5) is 31.2. The van der Waals surface area contributed by atoms with Gasteiger partial charge in [-0.3, -0.25) is 9.59 Å². The predicted octanol–water partition coefficient (Wildman–Crippen LogP) is 3.19. The Labute approximate surface area is 233 Å². The summed E-state index contributed by atoms with van der Waals surface area (Å²) in [6, 6.07) is 11.0. The normalized spacial score (nSPS) is 19.3. The second-order valence-electron chi connectivity index (χ2n) is 9.43. The summed E-state index contributed by atoms with van der Waals surface area (Å²) in [7, 11) is 2.88. The monoisotopic (exact) mass is 572 g/mol. The predicted molar refractivity (Wildman–Crippen MR) is 140 cm³/mol. The van der Waals surface area contributed by atoms with Crippen molar-refractivity contribution in [3.63, 3.8) is 0 Å². The fourth-order valence-electron chi connectivity index (χ4n) is 4.73. The number of aromatic nitrogens is 1. The van der Waals surface area contributed by atoms with Gasteiger partial charge in [-0.15, -0.1) is 0 Å². The van der Waals surface area contributed by atoms with Crippen LogP contribution in [0.3, 0.4) is 0 Å². The van der Waals surface area contributed by atoms with Crippen LogP contribution in [-0.4, -0.2) is 62.9 Å². The van der Waals surface area contributed by atoms with Crippen LogP contribution >= 0.6 is 0 Å². The molecule has 13 heteroatoms. The second kappa shape index (κ2) is 11.4. The Hall–Kier alpha value is -4.68. The van der Waals surface area contributed by atoms with Crippen molar-refractivity contribution in [2.75, 3.05) is 38.8 Å². The Balaban J connectivity index is 1.53. The average Bonchev–Trinajstić information content (AvgIpc) is 3.36. The standard InChI is InChI=1S/C28H27F3N4O6/c1-38-20-8-6-17-11-23(20)40-15-25(36)33-12-16-5-7-21(22(10-16)39-2)41-24-14-35(13-19(24)34-27(17)37)26-18(28(29,30)31)4-3-9-32-26/h3-11,19,24H,12-15H2,1-2H3,(H,33,36)(H,34,37)/t19-,24-/m0/s1. The van der Waals surface area contributed by atoms with Crippen LogP contribution in [0.1, 0.15) is 21.5 Å². The fraction of sp³-hybridized carbons (Fsp3) is 0.321. The molecule has 3 aromatic rings. The fourth-order valence-corrected chi connectivity index (χ4v) is 4.73. The number of carbonyl (C=O) groups is 2. The number of pyridine rings is 1. The van der Waals surface area contributed by atoms with E-state index in [4.69, 9.17) is 18.9 Å². The first kappa shape index (κ1) is 27.9. The average molecular weight is 573 g/mol. The number of nitrogens with one attached hydrogen (secondary N) is 2. The van der Waals surface area contributed by atoms with E-state index in [1.54, 1.807) is 18.2 Å². The maximum absolute atomic E-state index is 13.8. The van der Waals surface area contributed by atoms with E-state index in [1.165, 1.54) is 49.6 Å². The number of benzene rings is 2. The number of rotatable bonds is 3. The molecule has 3 aliphatic rings. The van der Waals surface area contributed by atoms with Crippen molar-refractivity contribution in [1.29, 1.82) is 0 Å². The molecule has 2 N–H and O–H groups in total. The summed E-state index contributed by atoms with van der Waals surface area (Å²) in [5.41, 5.74) is 0.0202. The highest BCUT2D eigenvalue weighted by Crippen LogP contribution is 2.37. The smallest absolute Gasteiger partial charge is 0.419 e. The lowest BCUT2D eigenvalue weighted by Gasteiger charge is -2.22. The molecule has 0 radical (unpaired) electrons. The molecule has 0 spiro atoms. The molecular formula is C28H27F3N4O6. The van der Waals surface area contributed by atoms with Gasteiger partial charge in [0.05, 0.1) is 32.4 Å². The number of halogens is 3. The second-order valence-corrected chi connectivity index (χ2v) is 9.43. The molecule has 2 amide bonds. The summed E-state index contributed by atoms with van der Waals surface area (Å²) < 4.78 is 64.1. The van der Waals surface area contributed by atoms with Gasteiger partial charge in [-0.05, 0) is 48.0 Å². The molecule has 1 saturated heterocycles. The van der Waals surface area contributed by atoms with Gasteiger partial charge in [0, 0.05) is 24.8 Å². The third-order valence-electron chi connectivity index (χ3n) is 6.75. The summed E-state index contributed by atoms with van der Waals surface area (Å²) in [6.07, 6.45) is -4.11. The Morgan fingerprint density at radius 3 is 2.56 bits per heavy atom. The maximum atomic E-state index is 13.8. The molecule has 4 heterocycles. The number of carbonyl (C=O) groups excluding carboxylic acids is 2. The molecule has 2 atom stereocenters. The van der Waals surface area contributed by atoms with E-state index < -0.39 is 35.7 Å². The van der Waals surface area contributed by atoms with Crippen molar-refractivity contribution in [3.05, 3.63) is 71.4 Å². The van der Waals surface area contributed by atoms with Gasteiger partial charge in [-0.25, -0.2) is 4.98 Å². The topological polar surface area (TPSA) is 111 Å². The molecule has 1 aromatic heterocycles. The van der Waals surface area contributed by atoms with Gasteiger partial charge in [0.25, 0.3) is 11.8 Å². The van der Waals surface area contributed by atoms with Crippen LogP contribution in [0.25, 0.3) is 0 Å². The maximum Gasteiger partial charge on any atom is 0.419 e. The molecule has 0 aliphatic carbocycles. The molecule has 41 heavy (non-hydrogen) atoms. The number of ether oxygens (including phenoxy) is 4. The van der Waals surface area contributed by atoms with Gasteiger partial charge in [-0.2, -0.15) is 13.2 Å². The first-order chi connectivity index (χ1) is 19.7. The number of fused-ring (bicyclic) bond motifs is 7. The number of methoxy groups -OCH3 is 2. The lowest BCUT2D eigenvalue weighted by Crippen LogP contribution is -2.45. The molecule has 0 saturated carbocycles. The molecule has 1 fully saturated rings. The molecule has 6 rings (SSSR count). The van der Waals surface area contributed by atoms with Crippen molar-refractivity contribution in [2.45, 2.75) is 24.9 Å². The molecule has 10 nitrogen and oxygen atoms in total. The third kappa shape index (κ3) is 6.08. The zero-order valence-electron chi connectivity index (χ0n) is 22.2. The lowest BCUT2D eigenvalue weighted by atomic mass is 10.1. The van der Waals surface area contributed by atoms with Crippen LogP contribution in [0, 0.1) is 0 Å². The molecule has 0 unspecified atom stereocenters. The third-order valence-corrected chi connectivity index (χ3v) is 6.75. The Morgan fingerprint density at radius 1 is 1.00 bits per heavy atom. The Kier molecular flexibility index (Phi) is 7.77. The van der Waals surface area contributed by atoms with E-state index in [0.717, 1.165) is 6.07 Å². The number of hydrogen-bond donors (Lipinski definition) is 2.